The predicted octanol–water partition coefficient (Wildman–Crippen LogP) is 1.86. The Labute approximate surface area is 200 Å². The van der Waals surface area contributed by atoms with Crippen molar-refractivity contribution in [3.8, 4) is 0 Å². The largest absolute Gasteiger partial charge is 0.462 e. The fraction of sp³-hybridized carbons (Fsp3) is 0.240. The molecule has 2 heterocycles. The summed E-state index contributed by atoms with van der Waals surface area (Å²) in [6.45, 7) is 0.0690. The maximum absolute atomic E-state index is 12.8. The number of aromatic nitrogens is 4. The van der Waals surface area contributed by atoms with Crippen molar-refractivity contribution in [3.05, 3.63) is 92.9 Å². The number of rotatable bonds is 8. The van der Waals surface area contributed by atoms with Crippen molar-refractivity contribution >= 4 is 28.7 Å². The molecule has 0 aliphatic rings. The van der Waals surface area contributed by atoms with Gasteiger partial charge in [0, 0.05) is 20.6 Å². The molecule has 0 saturated heterocycles. The van der Waals surface area contributed by atoms with Crippen molar-refractivity contribution in [1.29, 1.82) is 0 Å². The van der Waals surface area contributed by atoms with Crippen molar-refractivity contribution in [3.63, 3.8) is 0 Å². The Morgan fingerprint density at radius 1 is 1.00 bits per heavy atom. The van der Waals surface area contributed by atoms with Gasteiger partial charge in [0.05, 0.1) is 30.6 Å². The summed E-state index contributed by atoms with van der Waals surface area (Å²) in [6.07, 6.45) is 1.91. The molecule has 0 spiro atoms. The van der Waals surface area contributed by atoms with Gasteiger partial charge in [0.2, 0.25) is 5.91 Å². The Kier molecular flexibility index (Phi) is 6.91. The molecular formula is C25H25N5O5. The van der Waals surface area contributed by atoms with Crippen molar-refractivity contribution in [2.45, 2.75) is 19.4 Å². The van der Waals surface area contributed by atoms with Crippen LogP contribution in [0.2, 0.25) is 0 Å². The number of hydrogen-bond acceptors (Lipinski definition) is 6. The number of fused-ring (bicyclic) bond motifs is 1. The number of esters is 1. The standard InChI is InChI=1S/C25H25N5O5/c1-28-16-26-22-21(28)23(32)30(25(34)29(22)2)13-8-14-35-24(33)18-11-6-7-12-19(18)27-20(31)15-17-9-4-3-5-10-17/h3-7,9-12,16H,8,13-15H2,1-2H3,(H,27,31). The second kappa shape index (κ2) is 10.2. The highest BCUT2D eigenvalue weighted by atomic mass is 16.5. The first-order chi connectivity index (χ1) is 16.9. The van der Waals surface area contributed by atoms with E-state index in [0.29, 0.717) is 16.9 Å². The number of para-hydroxylation sites is 1. The third-order valence-electron chi connectivity index (χ3n) is 5.59. The van der Waals surface area contributed by atoms with E-state index in [2.05, 4.69) is 10.3 Å². The van der Waals surface area contributed by atoms with Gasteiger partial charge < -0.3 is 14.6 Å². The minimum absolute atomic E-state index is 0.00977. The summed E-state index contributed by atoms with van der Waals surface area (Å²) in [5.41, 5.74) is 1.14. The molecule has 0 aliphatic carbocycles. The van der Waals surface area contributed by atoms with Gasteiger partial charge in [0.1, 0.15) is 0 Å². The molecule has 0 atom stereocenters. The molecule has 1 N–H and O–H groups in total. The molecule has 0 unspecified atom stereocenters. The molecule has 4 aromatic rings. The molecule has 0 aliphatic heterocycles. The average Bonchev–Trinajstić information content (AvgIpc) is 3.24. The summed E-state index contributed by atoms with van der Waals surface area (Å²) in [5.74, 6) is -0.861. The van der Waals surface area contributed by atoms with Crippen LogP contribution in [0.1, 0.15) is 22.3 Å². The second-order valence-corrected chi connectivity index (χ2v) is 8.07. The third-order valence-corrected chi connectivity index (χ3v) is 5.59. The molecule has 2 aromatic heterocycles. The number of anilines is 1. The Morgan fingerprint density at radius 3 is 2.49 bits per heavy atom. The molecule has 180 valence electrons. The number of carbonyl (C=O) groups is 2. The van der Waals surface area contributed by atoms with E-state index in [1.165, 1.54) is 10.9 Å². The fourth-order valence-corrected chi connectivity index (χ4v) is 3.80. The topological polar surface area (TPSA) is 117 Å². The fourth-order valence-electron chi connectivity index (χ4n) is 3.80. The minimum atomic E-state index is -0.608. The van der Waals surface area contributed by atoms with Crippen LogP contribution in [0.4, 0.5) is 5.69 Å². The summed E-state index contributed by atoms with van der Waals surface area (Å²) >= 11 is 0. The number of aryl methyl sites for hydroxylation is 2. The van der Waals surface area contributed by atoms with Gasteiger partial charge in [0.15, 0.2) is 11.2 Å². The lowest BCUT2D eigenvalue weighted by atomic mass is 10.1. The Bertz CT molecular complexity index is 1500. The Balaban J connectivity index is 1.39. The maximum Gasteiger partial charge on any atom is 0.340 e. The first-order valence-corrected chi connectivity index (χ1v) is 11.1. The van der Waals surface area contributed by atoms with E-state index in [4.69, 9.17) is 4.74 Å². The highest BCUT2D eigenvalue weighted by Crippen LogP contribution is 2.17. The predicted molar refractivity (Wildman–Crippen MR) is 130 cm³/mol. The lowest BCUT2D eigenvalue weighted by molar-refractivity contribution is -0.115. The number of nitrogens with one attached hydrogen (secondary N) is 1. The third kappa shape index (κ3) is 5.06. The van der Waals surface area contributed by atoms with Crippen molar-refractivity contribution in [2.75, 3.05) is 11.9 Å². The number of imidazole rings is 1. The number of hydrogen-bond donors (Lipinski definition) is 1. The normalized spacial score (nSPS) is 10.9. The molecule has 10 nitrogen and oxygen atoms in total. The van der Waals surface area contributed by atoms with Gasteiger partial charge in [-0.3, -0.25) is 18.7 Å². The van der Waals surface area contributed by atoms with Crippen LogP contribution in [0.5, 0.6) is 0 Å². The number of ether oxygens (including phenoxy) is 1. The highest BCUT2D eigenvalue weighted by Gasteiger charge is 2.17. The zero-order valence-corrected chi connectivity index (χ0v) is 19.4. The van der Waals surface area contributed by atoms with E-state index in [9.17, 15) is 19.2 Å². The van der Waals surface area contributed by atoms with E-state index < -0.39 is 17.2 Å². The number of carbonyl (C=O) groups excluding carboxylic acids is 2. The van der Waals surface area contributed by atoms with Gasteiger partial charge >= 0.3 is 11.7 Å². The molecule has 0 fully saturated rings. The molecule has 2 aromatic carbocycles. The zero-order valence-electron chi connectivity index (χ0n) is 19.4. The molecule has 0 bridgehead atoms. The summed E-state index contributed by atoms with van der Waals surface area (Å²) in [6, 6.07) is 15.9. The van der Waals surface area contributed by atoms with Crippen LogP contribution in [0.25, 0.3) is 11.2 Å². The second-order valence-electron chi connectivity index (χ2n) is 8.07. The number of nitrogens with zero attached hydrogens (tertiary/aromatic N) is 4. The van der Waals surface area contributed by atoms with Crippen LogP contribution in [0.15, 0.2) is 70.5 Å². The van der Waals surface area contributed by atoms with Crippen LogP contribution < -0.4 is 16.6 Å². The van der Waals surface area contributed by atoms with Gasteiger partial charge in [-0.25, -0.2) is 14.6 Å². The lowest BCUT2D eigenvalue weighted by Gasteiger charge is -2.12. The zero-order chi connectivity index (χ0) is 24.9. The molecule has 35 heavy (non-hydrogen) atoms. The van der Waals surface area contributed by atoms with Crippen LogP contribution in [-0.2, 0) is 36.6 Å². The van der Waals surface area contributed by atoms with Gasteiger partial charge in [-0.2, -0.15) is 0 Å². The highest BCUT2D eigenvalue weighted by molar-refractivity contribution is 6.01. The minimum Gasteiger partial charge on any atom is -0.462 e. The van der Waals surface area contributed by atoms with Gasteiger partial charge in [-0.05, 0) is 24.1 Å². The first-order valence-electron chi connectivity index (χ1n) is 11.1. The lowest BCUT2D eigenvalue weighted by Crippen LogP contribution is -2.39. The summed E-state index contributed by atoms with van der Waals surface area (Å²) < 4.78 is 9.35. The Morgan fingerprint density at radius 2 is 1.71 bits per heavy atom. The van der Waals surface area contributed by atoms with Crippen molar-refractivity contribution < 1.29 is 14.3 Å². The van der Waals surface area contributed by atoms with E-state index in [1.54, 1.807) is 42.9 Å². The van der Waals surface area contributed by atoms with E-state index >= 15 is 0 Å². The Hall–Kier alpha value is -4.47. The first kappa shape index (κ1) is 23.7. The molecule has 4 rings (SSSR count). The van der Waals surface area contributed by atoms with Gasteiger partial charge in [-0.1, -0.05) is 42.5 Å². The summed E-state index contributed by atoms with van der Waals surface area (Å²) in [4.78, 5) is 54.5. The molecule has 0 radical (unpaired) electrons. The van der Waals surface area contributed by atoms with E-state index in [0.717, 1.165) is 10.1 Å². The van der Waals surface area contributed by atoms with Crippen LogP contribution in [-0.4, -0.2) is 37.2 Å². The van der Waals surface area contributed by atoms with E-state index in [-0.39, 0.29) is 37.5 Å². The number of benzene rings is 2. The van der Waals surface area contributed by atoms with Crippen LogP contribution in [0.3, 0.4) is 0 Å². The number of amides is 1. The van der Waals surface area contributed by atoms with Crippen LogP contribution in [0, 0.1) is 0 Å². The summed E-state index contributed by atoms with van der Waals surface area (Å²) in [5, 5.41) is 2.76. The summed E-state index contributed by atoms with van der Waals surface area (Å²) in [7, 11) is 3.24. The average molecular weight is 476 g/mol. The monoisotopic (exact) mass is 475 g/mol. The quantitative estimate of drug-likeness (QED) is 0.307. The molecule has 1 amide bonds. The van der Waals surface area contributed by atoms with Crippen molar-refractivity contribution in [2.24, 2.45) is 14.1 Å². The van der Waals surface area contributed by atoms with Crippen molar-refractivity contribution in [1.82, 2.24) is 18.7 Å². The molecule has 0 saturated carbocycles. The van der Waals surface area contributed by atoms with E-state index in [1.807, 2.05) is 30.3 Å². The molecule has 10 heteroatoms. The van der Waals surface area contributed by atoms with Crippen LogP contribution >= 0.6 is 0 Å². The van der Waals surface area contributed by atoms with Gasteiger partial charge in [-0.15, -0.1) is 0 Å². The molecular weight excluding hydrogens is 450 g/mol. The smallest absolute Gasteiger partial charge is 0.340 e. The SMILES string of the molecule is Cn1cnc2c1c(=O)n(CCCOC(=O)c1ccccc1NC(=O)Cc1ccccc1)c(=O)n2C. The van der Waals surface area contributed by atoms with Gasteiger partial charge in [0.25, 0.3) is 5.56 Å². The maximum atomic E-state index is 12.8.